The molecule has 2 aromatic rings. The van der Waals surface area contributed by atoms with Gasteiger partial charge in [0, 0.05) is 30.8 Å². The molecule has 1 atom stereocenters. The third kappa shape index (κ3) is 5.28. The number of ketones is 1. The van der Waals surface area contributed by atoms with Crippen LogP contribution in [-0.2, 0) is 9.53 Å². The average Bonchev–Trinajstić information content (AvgIpc) is 2.73. The number of nitrogens with zero attached hydrogens (tertiary/aromatic N) is 2. The third-order valence-corrected chi connectivity index (χ3v) is 4.78. The molecule has 7 nitrogen and oxygen atoms in total. The van der Waals surface area contributed by atoms with E-state index >= 15 is 0 Å². The van der Waals surface area contributed by atoms with E-state index in [2.05, 4.69) is 0 Å². The Morgan fingerprint density at radius 1 is 1.07 bits per heavy atom. The lowest BCUT2D eigenvalue weighted by molar-refractivity contribution is -0.138. The SMILES string of the molecule is CN(CC(=O)O)CC1CN(C(=O)c2ccccc2C(=O)c2ccccc2)CCO1. The summed E-state index contributed by atoms with van der Waals surface area (Å²) in [7, 11) is 1.70. The van der Waals surface area contributed by atoms with E-state index in [0.29, 0.717) is 42.9 Å². The molecule has 1 fully saturated rings. The maximum Gasteiger partial charge on any atom is 0.317 e. The highest BCUT2D eigenvalue weighted by Gasteiger charge is 2.28. The number of likely N-dealkylation sites (N-methyl/N-ethyl adjacent to an activating group) is 1. The molecule has 7 heteroatoms. The molecule has 0 spiro atoms. The zero-order valence-corrected chi connectivity index (χ0v) is 16.3. The van der Waals surface area contributed by atoms with Crippen molar-refractivity contribution >= 4 is 17.7 Å². The second kappa shape index (κ2) is 9.45. The normalized spacial score (nSPS) is 16.6. The van der Waals surface area contributed by atoms with Gasteiger partial charge in [0.15, 0.2) is 5.78 Å². The van der Waals surface area contributed by atoms with Gasteiger partial charge in [0.25, 0.3) is 5.91 Å². The molecule has 0 aromatic heterocycles. The topological polar surface area (TPSA) is 87.2 Å². The number of hydrogen-bond donors (Lipinski definition) is 1. The second-order valence-corrected chi connectivity index (χ2v) is 7.08. The molecule has 1 N–H and O–H groups in total. The highest BCUT2D eigenvalue weighted by Crippen LogP contribution is 2.18. The molecule has 1 unspecified atom stereocenters. The first-order chi connectivity index (χ1) is 14.0. The standard InChI is InChI=1S/C22H24N2O5/c1-23(15-20(25)26)13-17-14-24(11-12-29-17)22(28)19-10-6-5-9-18(19)21(27)16-7-3-2-4-8-16/h2-10,17H,11-15H2,1H3,(H,25,26). The third-order valence-electron chi connectivity index (χ3n) is 4.78. The molecule has 2 aromatic carbocycles. The maximum absolute atomic E-state index is 13.2. The van der Waals surface area contributed by atoms with Crippen LogP contribution in [0.25, 0.3) is 0 Å². The molecule has 0 bridgehead atoms. The molecular weight excluding hydrogens is 372 g/mol. The van der Waals surface area contributed by atoms with E-state index in [1.54, 1.807) is 65.4 Å². The molecule has 29 heavy (non-hydrogen) atoms. The van der Waals surface area contributed by atoms with Gasteiger partial charge >= 0.3 is 5.97 Å². The average molecular weight is 396 g/mol. The number of carbonyl (C=O) groups excluding carboxylic acids is 2. The van der Waals surface area contributed by atoms with E-state index in [-0.39, 0.29) is 24.3 Å². The van der Waals surface area contributed by atoms with E-state index in [0.717, 1.165) is 0 Å². The van der Waals surface area contributed by atoms with Crippen LogP contribution in [0.5, 0.6) is 0 Å². The quantitative estimate of drug-likeness (QED) is 0.718. The van der Waals surface area contributed by atoms with Crippen LogP contribution in [-0.4, -0.2) is 78.5 Å². The maximum atomic E-state index is 13.2. The first kappa shape index (κ1) is 20.7. The van der Waals surface area contributed by atoms with Gasteiger partial charge in [-0.05, 0) is 13.1 Å². The summed E-state index contributed by atoms with van der Waals surface area (Å²) in [6.45, 7) is 1.44. The molecule has 1 aliphatic heterocycles. The van der Waals surface area contributed by atoms with Crippen LogP contribution in [0, 0.1) is 0 Å². The van der Waals surface area contributed by atoms with Crippen molar-refractivity contribution in [3.63, 3.8) is 0 Å². The molecular formula is C22H24N2O5. The van der Waals surface area contributed by atoms with Crippen LogP contribution in [0.2, 0.25) is 0 Å². The van der Waals surface area contributed by atoms with Crippen molar-refractivity contribution in [3.05, 3.63) is 71.3 Å². The van der Waals surface area contributed by atoms with Gasteiger partial charge in [0.1, 0.15) is 0 Å². The van der Waals surface area contributed by atoms with E-state index in [4.69, 9.17) is 9.84 Å². The van der Waals surface area contributed by atoms with Gasteiger partial charge < -0.3 is 14.7 Å². The van der Waals surface area contributed by atoms with Crippen molar-refractivity contribution < 1.29 is 24.2 Å². The van der Waals surface area contributed by atoms with Crippen molar-refractivity contribution in [1.82, 2.24) is 9.80 Å². The van der Waals surface area contributed by atoms with Crippen LogP contribution < -0.4 is 0 Å². The molecule has 1 heterocycles. The predicted molar refractivity (Wildman–Crippen MR) is 107 cm³/mol. The van der Waals surface area contributed by atoms with Crippen LogP contribution in [0.4, 0.5) is 0 Å². The number of benzene rings is 2. The molecule has 0 radical (unpaired) electrons. The Bertz CT molecular complexity index is 884. The Kier molecular flexibility index (Phi) is 6.74. The second-order valence-electron chi connectivity index (χ2n) is 7.08. The number of aliphatic carboxylic acids is 1. The fraction of sp³-hybridized carbons (Fsp3) is 0.318. The van der Waals surface area contributed by atoms with E-state index in [1.165, 1.54) is 0 Å². The lowest BCUT2D eigenvalue weighted by Crippen LogP contribution is -2.49. The Hall–Kier alpha value is -3.03. The number of carbonyl (C=O) groups is 3. The van der Waals surface area contributed by atoms with Crippen LogP contribution in [0.15, 0.2) is 54.6 Å². The van der Waals surface area contributed by atoms with E-state index in [1.807, 2.05) is 6.07 Å². The molecule has 152 valence electrons. The van der Waals surface area contributed by atoms with Crippen molar-refractivity contribution in [1.29, 1.82) is 0 Å². The van der Waals surface area contributed by atoms with Crippen molar-refractivity contribution in [3.8, 4) is 0 Å². The minimum absolute atomic E-state index is 0.0950. The fourth-order valence-electron chi connectivity index (χ4n) is 3.44. The number of rotatable bonds is 7. The summed E-state index contributed by atoms with van der Waals surface area (Å²) >= 11 is 0. The molecule has 0 saturated carbocycles. The highest BCUT2D eigenvalue weighted by atomic mass is 16.5. The van der Waals surface area contributed by atoms with Gasteiger partial charge in [-0.1, -0.05) is 48.5 Å². The molecule has 3 rings (SSSR count). The summed E-state index contributed by atoms with van der Waals surface area (Å²) in [5, 5.41) is 8.90. The largest absolute Gasteiger partial charge is 0.480 e. The van der Waals surface area contributed by atoms with Gasteiger partial charge in [-0.3, -0.25) is 19.3 Å². The number of hydrogen-bond acceptors (Lipinski definition) is 5. The summed E-state index contributed by atoms with van der Waals surface area (Å²) in [5.41, 5.74) is 1.26. The Balaban J connectivity index is 1.75. The lowest BCUT2D eigenvalue weighted by Gasteiger charge is -2.35. The van der Waals surface area contributed by atoms with Crippen molar-refractivity contribution in [2.45, 2.75) is 6.10 Å². The monoisotopic (exact) mass is 396 g/mol. The van der Waals surface area contributed by atoms with E-state index in [9.17, 15) is 14.4 Å². The summed E-state index contributed by atoms with van der Waals surface area (Å²) < 4.78 is 5.70. The van der Waals surface area contributed by atoms with E-state index < -0.39 is 5.97 Å². The number of morpholine rings is 1. The van der Waals surface area contributed by atoms with Gasteiger partial charge in [0.2, 0.25) is 0 Å². The van der Waals surface area contributed by atoms with Crippen molar-refractivity contribution in [2.24, 2.45) is 0 Å². The highest BCUT2D eigenvalue weighted by molar-refractivity contribution is 6.15. The van der Waals surface area contributed by atoms with Gasteiger partial charge in [-0.15, -0.1) is 0 Å². The molecule has 1 aliphatic rings. The number of amides is 1. The Labute approximate surface area is 169 Å². The summed E-state index contributed by atoms with van der Waals surface area (Å²) in [5.74, 6) is -1.33. The minimum atomic E-state index is -0.912. The molecule has 1 saturated heterocycles. The predicted octanol–water partition coefficient (Wildman–Crippen LogP) is 1.78. The summed E-state index contributed by atoms with van der Waals surface area (Å²) in [4.78, 5) is 40.2. The van der Waals surface area contributed by atoms with Gasteiger partial charge in [-0.2, -0.15) is 0 Å². The summed E-state index contributed by atoms with van der Waals surface area (Å²) in [6, 6.07) is 15.7. The fourth-order valence-corrected chi connectivity index (χ4v) is 3.44. The first-order valence-corrected chi connectivity index (χ1v) is 9.45. The Morgan fingerprint density at radius 3 is 2.41 bits per heavy atom. The van der Waals surface area contributed by atoms with Crippen LogP contribution >= 0.6 is 0 Å². The van der Waals surface area contributed by atoms with Gasteiger partial charge in [-0.25, -0.2) is 0 Å². The zero-order valence-electron chi connectivity index (χ0n) is 16.3. The zero-order chi connectivity index (χ0) is 20.8. The number of carboxylic acids is 1. The first-order valence-electron chi connectivity index (χ1n) is 9.45. The smallest absolute Gasteiger partial charge is 0.317 e. The lowest BCUT2D eigenvalue weighted by atomic mass is 9.97. The number of carboxylic acid groups (broad SMARTS) is 1. The van der Waals surface area contributed by atoms with Crippen LogP contribution in [0.1, 0.15) is 26.3 Å². The summed E-state index contributed by atoms with van der Waals surface area (Å²) in [6.07, 6.45) is -0.283. The number of ether oxygens (including phenoxy) is 1. The minimum Gasteiger partial charge on any atom is -0.480 e. The Morgan fingerprint density at radius 2 is 1.72 bits per heavy atom. The van der Waals surface area contributed by atoms with Crippen LogP contribution in [0.3, 0.4) is 0 Å². The van der Waals surface area contributed by atoms with Crippen molar-refractivity contribution in [2.75, 3.05) is 39.8 Å². The molecule has 1 amide bonds. The molecule has 0 aliphatic carbocycles. The van der Waals surface area contributed by atoms with Gasteiger partial charge in [0.05, 0.1) is 24.8 Å².